The molecule has 0 bridgehead atoms. The smallest absolute Gasteiger partial charge is 0.251 e. The SMILES string of the molecule is O=C(NCCCc1ccccc1)c1cccc(F)c1. The highest BCUT2D eigenvalue weighted by Crippen LogP contribution is 2.04. The van der Waals surface area contributed by atoms with Crippen molar-refractivity contribution >= 4 is 5.91 Å². The second-order valence-electron chi connectivity index (χ2n) is 4.36. The summed E-state index contributed by atoms with van der Waals surface area (Å²) in [5.74, 6) is -0.621. The van der Waals surface area contributed by atoms with Gasteiger partial charge in [-0.3, -0.25) is 4.79 Å². The predicted molar refractivity (Wildman–Crippen MR) is 73.5 cm³/mol. The molecule has 2 nitrogen and oxygen atoms in total. The van der Waals surface area contributed by atoms with Crippen LogP contribution in [0.3, 0.4) is 0 Å². The van der Waals surface area contributed by atoms with Gasteiger partial charge < -0.3 is 5.32 Å². The van der Waals surface area contributed by atoms with E-state index in [1.54, 1.807) is 6.07 Å². The molecule has 2 rings (SSSR count). The van der Waals surface area contributed by atoms with Crippen LogP contribution in [0.15, 0.2) is 54.6 Å². The summed E-state index contributed by atoms with van der Waals surface area (Å²) in [6, 6.07) is 15.8. The fourth-order valence-corrected chi connectivity index (χ4v) is 1.87. The number of carbonyl (C=O) groups excluding carboxylic acids is 1. The molecule has 1 amide bonds. The first-order valence-electron chi connectivity index (χ1n) is 6.33. The quantitative estimate of drug-likeness (QED) is 0.819. The van der Waals surface area contributed by atoms with E-state index < -0.39 is 5.82 Å². The second-order valence-corrected chi connectivity index (χ2v) is 4.36. The molecule has 0 aliphatic heterocycles. The number of hydrogen-bond donors (Lipinski definition) is 1. The predicted octanol–water partition coefficient (Wildman–Crippen LogP) is 3.19. The second kappa shape index (κ2) is 6.69. The zero-order valence-electron chi connectivity index (χ0n) is 10.6. The standard InChI is InChI=1S/C16H16FNO/c17-15-10-4-9-14(12-15)16(19)18-11-5-8-13-6-2-1-3-7-13/h1-4,6-7,9-10,12H,5,8,11H2,(H,18,19). The van der Waals surface area contributed by atoms with Gasteiger partial charge in [-0.05, 0) is 36.6 Å². The summed E-state index contributed by atoms with van der Waals surface area (Å²) >= 11 is 0. The Morgan fingerprint density at radius 1 is 1.05 bits per heavy atom. The molecule has 0 unspecified atom stereocenters. The van der Waals surface area contributed by atoms with Gasteiger partial charge in [-0.1, -0.05) is 36.4 Å². The molecule has 19 heavy (non-hydrogen) atoms. The lowest BCUT2D eigenvalue weighted by atomic mass is 10.1. The lowest BCUT2D eigenvalue weighted by Crippen LogP contribution is -2.24. The van der Waals surface area contributed by atoms with E-state index in [0.29, 0.717) is 12.1 Å². The van der Waals surface area contributed by atoms with Gasteiger partial charge in [-0.2, -0.15) is 0 Å². The van der Waals surface area contributed by atoms with Gasteiger partial charge in [0.25, 0.3) is 5.91 Å². The van der Waals surface area contributed by atoms with Gasteiger partial charge in [0.05, 0.1) is 0 Å². The summed E-state index contributed by atoms with van der Waals surface area (Å²) in [5.41, 5.74) is 1.61. The summed E-state index contributed by atoms with van der Waals surface area (Å²) in [6.45, 7) is 0.588. The molecule has 0 fully saturated rings. The van der Waals surface area contributed by atoms with Crippen LogP contribution >= 0.6 is 0 Å². The van der Waals surface area contributed by atoms with Crippen LogP contribution in [-0.4, -0.2) is 12.5 Å². The van der Waals surface area contributed by atoms with E-state index in [4.69, 9.17) is 0 Å². The molecule has 0 saturated carbocycles. The highest BCUT2D eigenvalue weighted by atomic mass is 19.1. The van der Waals surface area contributed by atoms with Gasteiger partial charge in [-0.25, -0.2) is 4.39 Å². The van der Waals surface area contributed by atoms with E-state index in [-0.39, 0.29) is 5.91 Å². The number of hydrogen-bond acceptors (Lipinski definition) is 1. The van der Waals surface area contributed by atoms with Gasteiger partial charge in [-0.15, -0.1) is 0 Å². The van der Waals surface area contributed by atoms with Crippen molar-refractivity contribution in [3.8, 4) is 0 Å². The molecule has 3 heteroatoms. The van der Waals surface area contributed by atoms with Crippen molar-refractivity contribution in [3.63, 3.8) is 0 Å². The Morgan fingerprint density at radius 3 is 2.58 bits per heavy atom. The van der Waals surface area contributed by atoms with E-state index in [2.05, 4.69) is 17.4 Å². The molecular formula is C16H16FNO. The molecule has 0 saturated heterocycles. The first-order chi connectivity index (χ1) is 9.25. The Bertz CT molecular complexity index is 539. The zero-order chi connectivity index (χ0) is 13.5. The van der Waals surface area contributed by atoms with Crippen molar-refractivity contribution < 1.29 is 9.18 Å². The van der Waals surface area contributed by atoms with Crippen LogP contribution < -0.4 is 5.32 Å². The first-order valence-corrected chi connectivity index (χ1v) is 6.33. The number of aryl methyl sites for hydroxylation is 1. The van der Waals surface area contributed by atoms with E-state index in [1.807, 2.05) is 18.2 Å². The topological polar surface area (TPSA) is 29.1 Å². The minimum atomic E-state index is -0.392. The largest absolute Gasteiger partial charge is 0.352 e. The number of halogens is 1. The Morgan fingerprint density at radius 2 is 1.84 bits per heavy atom. The van der Waals surface area contributed by atoms with Crippen molar-refractivity contribution in [1.29, 1.82) is 0 Å². The summed E-state index contributed by atoms with van der Waals surface area (Å²) in [7, 11) is 0. The Labute approximate surface area is 112 Å². The number of nitrogens with one attached hydrogen (secondary N) is 1. The van der Waals surface area contributed by atoms with Gasteiger partial charge >= 0.3 is 0 Å². The maximum Gasteiger partial charge on any atom is 0.251 e. The van der Waals surface area contributed by atoms with Crippen LogP contribution in [0.2, 0.25) is 0 Å². The molecule has 0 atom stereocenters. The Kier molecular flexibility index (Phi) is 4.67. The molecular weight excluding hydrogens is 241 g/mol. The lowest BCUT2D eigenvalue weighted by molar-refractivity contribution is 0.0953. The molecule has 0 radical (unpaired) electrons. The van der Waals surface area contributed by atoms with Crippen molar-refractivity contribution in [2.45, 2.75) is 12.8 Å². The van der Waals surface area contributed by atoms with Crippen LogP contribution in [0.25, 0.3) is 0 Å². The third kappa shape index (κ3) is 4.21. The highest BCUT2D eigenvalue weighted by molar-refractivity contribution is 5.94. The Balaban J connectivity index is 1.75. The van der Waals surface area contributed by atoms with Crippen molar-refractivity contribution in [3.05, 3.63) is 71.5 Å². The molecule has 0 aliphatic rings. The van der Waals surface area contributed by atoms with Crippen LogP contribution in [0, 0.1) is 5.82 Å². The maximum absolute atomic E-state index is 13.0. The summed E-state index contributed by atoms with van der Waals surface area (Å²) in [4.78, 5) is 11.7. The average molecular weight is 257 g/mol. The maximum atomic E-state index is 13.0. The highest BCUT2D eigenvalue weighted by Gasteiger charge is 2.05. The average Bonchev–Trinajstić information content (AvgIpc) is 2.44. The number of benzene rings is 2. The molecule has 2 aromatic rings. The monoisotopic (exact) mass is 257 g/mol. The third-order valence-corrected chi connectivity index (χ3v) is 2.86. The molecule has 0 heterocycles. The van der Waals surface area contributed by atoms with E-state index in [9.17, 15) is 9.18 Å². The third-order valence-electron chi connectivity index (χ3n) is 2.86. The van der Waals surface area contributed by atoms with Crippen molar-refractivity contribution in [2.24, 2.45) is 0 Å². The summed E-state index contributed by atoms with van der Waals surface area (Å²) < 4.78 is 13.0. The molecule has 1 N–H and O–H groups in total. The van der Waals surface area contributed by atoms with Crippen molar-refractivity contribution in [1.82, 2.24) is 5.32 Å². The van der Waals surface area contributed by atoms with Crippen molar-refractivity contribution in [2.75, 3.05) is 6.54 Å². The number of amides is 1. The van der Waals surface area contributed by atoms with Gasteiger partial charge in [0.2, 0.25) is 0 Å². The van der Waals surface area contributed by atoms with Gasteiger partial charge in [0.1, 0.15) is 5.82 Å². The molecule has 2 aromatic carbocycles. The molecule has 98 valence electrons. The molecule has 0 spiro atoms. The molecule has 0 aromatic heterocycles. The normalized spacial score (nSPS) is 10.2. The van der Waals surface area contributed by atoms with E-state index in [0.717, 1.165) is 12.8 Å². The fourth-order valence-electron chi connectivity index (χ4n) is 1.87. The van der Waals surface area contributed by atoms with E-state index in [1.165, 1.54) is 23.8 Å². The van der Waals surface area contributed by atoms with Crippen LogP contribution in [-0.2, 0) is 6.42 Å². The number of rotatable bonds is 5. The lowest BCUT2D eigenvalue weighted by Gasteiger charge is -2.05. The van der Waals surface area contributed by atoms with Gasteiger partial charge in [0.15, 0.2) is 0 Å². The zero-order valence-corrected chi connectivity index (χ0v) is 10.6. The minimum Gasteiger partial charge on any atom is -0.352 e. The Hall–Kier alpha value is -2.16. The summed E-state index contributed by atoms with van der Waals surface area (Å²) in [6.07, 6.45) is 1.79. The fraction of sp³-hybridized carbons (Fsp3) is 0.188. The van der Waals surface area contributed by atoms with Crippen LogP contribution in [0.1, 0.15) is 22.3 Å². The summed E-state index contributed by atoms with van der Waals surface area (Å²) in [5, 5.41) is 2.79. The number of carbonyl (C=O) groups is 1. The van der Waals surface area contributed by atoms with Crippen LogP contribution in [0.5, 0.6) is 0 Å². The minimum absolute atomic E-state index is 0.229. The first kappa shape index (κ1) is 13.3. The van der Waals surface area contributed by atoms with Crippen LogP contribution in [0.4, 0.5) is 4.39 Å². The van der Waals surface area contributed by atoms with Gasteiger partial charge in [0, 0.05) is 12.1 Å². The van der Waals surface area contributed by atoms with E-state index >= 15 is 0 Å². The molecule has 0 aliphatic carbocycles.